The molecule has 0 saturated carbocycles. The van der Waals surface area contributed by atoms with Gasteiger partial charge in [0.25, 0.3) is 0 Å². The third kappa shape index (κ3) is 3.70. The number of carbonyl (C=O) groups excluding carboxylic acids is 1. The van der Waals surface area contributed by atoms with Crippen molar-refractivity contribution >= 4 is 11.7 Å². The second kappa shape index (κ2) is 7.41. The molecule has 3 heterocycles. The molecule has 140 valence electrons. The lowest BCUT2D eigenvalue weighted by Gasteiger charge is -2.35. The van der Waals surface area contributed by atoms with Crippen LogP contribution >= 0.6 is 0 Å². The molecule has 1 amide bonds. The smallest absolute Gasteiger partial charge is 0.227 e. The maximum atomic E-state index is 13.0. The summed E-state index contributed by atoms with van der Waals surface area (Å²) in [6.07, 6.45) is 0.316. The number of hydrogen-bond donors (Lipinski definition) is 1. The average Bonchev–Trinajstić information content (AvgIpc) is 2.93. The highest BCUT2D eigenvalue weighted by atomic mass is 16.5. The van der Waals surface area contributed by atoms with Gasteiger partial charge >= 0.3 is 0 Å². The van der Waals surface area contributed by atoms with Crippen molar-refractivity contribution < 1.29 is 9.53 Å². The SMILES string of the molecule is Cc1cc(N(C)C)nc(C2COCCN2C(=O)Cc2c(C)n[nH]c2C)n1. The molecule has 1 aliphatic heterocycles. The largest absolute Gasteiger partial charge is 0.377 e. The van der Waals surface area contributed by atoms with Crippen molar-refractivity contribution in [3.63, 3.8) is 0 Å². The lowest BCUT2D eigenvalue weighted by atomic mass is 10.1. The average molecular weight is 358 g/mol. The van der Waals surface area contributed by atoms with Gasteiger partial charge in [0.15, 0.2) is 5.82 Å². The number of H-pyrrole nitrogens is 1. The molecule has 1 fully saturated rings. The molecule has 8 heteroatoms. The van der Waals surface area contributed by atoms with Gasteiger partial charge in [-0.2, -0.15) is 5.10 Å². The molecular formula is C18H26N6O2. The van der Waals surface area contributed by atoms with E-state index < -0.39 is 0 Å². The number of anilines is 1. The maximum absolute atomic E-state index is 13.0. The molecule has 1 atom stereocenters. The van der Waals surface area contributed by atoms with Gasteiger partial charge in [0, 0.05) is 43.7 Å². The summed E-state index contributed by atoms with van der Waals surface area (Å²) >= 11 is 0. The van der Waals surface area contributed by atoms with E-state index in [2.05, 4.69) is 20.2 Å². The van der Waals surface area contributed by atoms with Crippen molar-refractivity contribution in [2.24, 2.45) is 0 Å². The Morgan fingerprint density at radius 3 is 2.77 bits per heavy atom. The van der Waals surface area contributed by atoms with Crippen molar-refractivity contribution in [1.29, 1.82) is 0 Å². The molecule has 1 unspecified atom stereocenters. The molecule has 0 radical (unpaired) electrons. The number of rotatable bonds is 4. The van der Waals surface area contributed by atoms with Crippen LogP contribution in [0.2, 0.25) is 0 Å². The molecule has 8 nitrogen and oxygen atoms in total. The Labute approximate surface area is 153 Å². The number of ether oxygens (including phenoxy) is 1. The maximum Gasteiger partial charge on any atom is 0.227 e. The summed E-state index contributed by atoms with van der Waals surface area (Å²) in [4.78, 5) is 26.0. The van der Waals surface area contributed by atoms with Gasteiger partial charge in [-0.1, -0.05) is 0 Å². The summed E-state index contributed by atoms with van der Waals surface area (Å²) in [6.45, 7) is 7.26. The number of aromatic amines is 1. The summed E-state index contributed by atoms with van der Waals surface area (Å²) < 4.78 is 5.63. The van der Waals surface area contributed by atoms with Crippen LogP contribution in [0.15, 0.2) is 6.07 Å². The van der Waals surface area contributed by atoms with E-state index in [0.717, 1.165) is 28.5 Å². The van der Waals surface area contributed by atoms with Gasteiger partial charge in [-0.25, -0.2) is 9.97 Å². The summed E-state index contributed by atoms with van der Waals surface area (Å²) in [5.74, 6) is 1.50. The number of hydrogen-bond acceptors (Lipinski definition) is 6. The Hall–Kier alpha value is -2.48. The molecule has 1 aliphatic rings. The van der Waals surface area contributed by atoms with E-state index in [9.17, 15) is 4.79 Å². The number of carbonyl (C=O) groups is 1. The van der Waals surface area contributed by atoms with Gasteiger partial charge in [-0.3, -0.25) is 9.89 Å². The normalized spacial score (nSPS) is 17.4. The van der Waals surface area contributed by atoms with Crippen LogP contribution in [0.5, 0.6) is 0 Å². The second-order valence-corrected chi connectivity index (χ2v) is 6.89. The fourth-order valence-corrected chi connectivity index (χ4v) is 3.16. The van der Waals surface area contributed by atoms with Gasteiger partial charge in [-0.05, 0) is 20.8 Å². The number of morpholine rings is 1. The molecular weight excluding hydrogens is 332 g/mol. The van der Waals surface area contributed by atoms with Gasteiger partial charge in [0.05, 0.1) is 25.3 Å². The zero-order chi connectivity index (χ0) is 18.8. The van der Waals surface area contributed by atoms with Crippen LogP contribution in [0.4, 0.5) is 5.82 Å². The van der Waals surface area contributed by atoms with Crippen molar-refractivity contribution in [3.8, 4) is 0 Å². The summed E-state index contributed by atoms with van der Waals surface area (Å²) in [7, 11) is 3.88. The Morgan fingerprint density at radius 1 is 1.35 bits per heavy atom. The number of aromatic nitrogens is 4. The van der Waals surface area contributed by atoms with Crippen LogP contribution in [-0.4, -0.2) is 64.8 Å². The van der Waals surface area contributed by atoms with E-state index in [0.29, 0.717) is 32.0 Å². The molecule has 26 heavy (non-hydrogen) atoms. The number of nitrogens with zero attached hydrogens (tertiary/aromatic N) is 5. The fourth-order valence-electron chi connectivity index (χ4n) is 3.16. The van der Waals surface area contributed by atoms with E-state index in [1.165, 1.54) is 0 Å². The molecule has 1 saturated heterocycles. The quantitative estimate of drug-likeness (QED) is 0.887. The van der Waals surface area contributed by atoms with Crippen molar-refractivity contribution in [3.05, 3.63) is 34.5 Å². The molecule has 0 spiro atoms. The van der Waals surface area contributed by atoms with Crippen LogP contribution in [-0.2, 0) is 16.0 Å². The highest BCUT2D eigenvalue weighted by Gasteiger charge is 2.31. The number of aryl methyl sites for hydroxylation is 3. The molecule has 2 aromatic rings. The van der Waals surface area contributed by atoms with E-state index in [-0.39, 0.29) is 11.9 Å². The summed E-state index contributed by atoms with van der Waals surface area (Å²) in [5, 5.41) is 7.12. The first-order valence-electron chi connectivity index (χ1n) is 8.77. The zero-order valence-electron chi connectivity index (χ0n) is 16.0. The second-order valence-electron chi connectivity index (χ2n) is 6.89. The first-order chi connectivity index (χ1) is 12.4. The molecule has 2 aromatic heterocycles. The van der Waals surface area contributed by atoms with E-state index in [1.54, 1.807) is 0 Å². The minimum absolute atomic E-state index is 0.0439. The lowest BCUT2D eigenvalue weighted by molar-refractivity contribution is -0.139. The van der Waals surface area contributed by atoms with Crippen LogP contribution < -0.4 is 4.90 Å². The van der Waals surface area contributed by atoms with E-state index in [4.69, 9.17) is 4.74 Å². The third-order valence-electron chi connectivity index (χ3n) is 4.67. The van der Waals surface area contributed by atoms with Crippen molar-refractivity contribution in [2.75, 3.05) is 38.8 Å². The minimum Gasteiger partial charge on any atom is -0.377 e. The predicted octanol–water partition coefficient (Wildman–Crippen LogP) is 1.33. The van der Waals surface area contributed by atoms with Crippen LogP contribution in [0.3, 0.4) is 0 Å². The zero-order valence-corrected chi connectivity index (χ0v) is 16.0. The predicted molar refractivity (Wildman–Crippen MR) is 98.1 cm³/mol. The standard InChI is InChI=1S/C18H26N6O2/c1-11-8-16(23(4)5)20-18(19-11)15-10-26-7-6-24(15)17(25)9-14-12(2)21-22-13(14)3/h8,15H,6-7,9-10H2,1-5H3,(H,21,22). The summed E-state index contributed by atoms with van der Waals surface area (Å²) in [6, 6.07) is 1.65. The minimum atomic E-state index is -0.276. The van der Waals surface area contributed by atoms with E-state index in [1.807, 2.05) is 50.7 Å². The van der Waals surface area contributed by atoms with Crippen LogP contribution in [0.25, 0.3) is 0 Å². The number of nitrogens with one attached hydrogen (secondary N) is 1. The van der Waals surface area contributed by atoms with Crippen LogP contribution in [0, 0.1) is 20.8 Å². The molecule has 1 N–H and O–H groups in total. The van der Waals surface area contributed by atoms with Gasteiger partial charge in [-0.15, -0.1) is 0 Å². The van der Waals surface area contributed by atoms with Gasteiger partial charge in [0.2, 0.25) is 5.91 Å². The third-order valence-corrected chi connectivity index (χ3v) is 4.67. The fraction of sp³-hybridized carbons (Fsp3) is 0.556. The van der Waals surface area contributed by atoms with Gasteiger partial charge in [0.1, 0.15) is 11.9 Å². The molecule has 0 aliphatic carbocycles. The highest BCUT2D eigenvalue weighted by molar-refractivity contribution is 5.79. The summed E-state index contributed by atoms with van der Waals surface area (Å²) in [5.41, 5.74) is 3.63. The Bertz CT molecular complexity index is 781. The first kappa shape index (κ1) is 18.3. The first-order valence-corrected chi connectivity index (χ1v) is 8.77. The number of amides is 1. The highest BCUT2D eigenvalue weighted by Crippen LogP contribution is 2.25. The van der Waals surface area contributed by atoms with Crippen LogP contribution in [0.1, 0.15) is 34.5 Å². The Balaban J connectivity index is 1.87. The molecule has 3 rings (SSSR count). The van der Waals surface area contributed by atoms with Crippen molar-refractivity contribution in [1.82, 2.24) is 25.1 Å². The molecule has 0 bridgehead atoms. The topological polar surface area (TPSA) is 87.2 Å². The molecule has 0 aromatic carbocycles. The van der Waals surface area contributed by atoms with E-state index >= 15 is 0 Å². The Morgan fingerprint density at radius 2 is 2.12 bits per heavy atom. The van der Waals surface area contributed by atoms with Gasteiger partial charge < -0.3 is 14.5 Å². The monoisotopic (exact) mass is 358 g/mol. The van der Waals surface area contributed by atoms with Crippen molar-refractivity contribution in [2.45, 2.75) is 33.2 Å². The lowest BCUT2D eigenvalue weighted by Crippen LogP contribution is -2.45. The Kier molecular flexibility index (Phi) is 5.22.